The molecular formula is C22H28N2O8. The van der Waals surface area contributed by atoms with E-state index < -0.39 is 29.5 Å². The van der Waals surface area contributed by atoms with Crippen molar-refractivity contribution in [3.05, 3.63) is 60.7 Å². The number of hydrogen-bond donors (Lipinski definition) is 2. The van der Waals surface area contributed by atoms with Crippen LogP contribution in [0.4, 0.5) is 9.59 Å². The Labute approximate surface area is 186 Å². The molecule has 1 aromatic carbocycles. The van der Waals surface area contributed by atoms with Crippen molar-refractivity contribution >= 4 is 24.1 Å². The molecule has 1 rings (SSSR count). The highest BCUT2D eigenvalue weighted by molar-refractivity contribution is 6.03. The third-order valence-corrected chi connectivity index (χ3v) is 3.99. The van der Waals surface area contributed by atoms with Crippen LogP contribution in [0.1, 0.15) is 27.6 Å². The van der Waals surface area contributed by atoms with E-state index in [2.05, 4.69) is 28.5 Å². The molecule has 2 N–H and O–H groups in total. The highest BCUT2D eigenvalue weighted by Gasteiger charge is 2.31. The maximum atomic E-state index is 12.6. The molecule has 2 amide bonds. The van der Waals surface area contributed by atoms with Gasteiger partial charge in [0, 0.05) is 13.1 Å². The summed E-state index contributed by atoms with van der Waals surface area (Å²) in [6.07, 6.45) is 1.53. The summed E-state index contributed by atoms with van der Waals surface area (Å²) in [4.78, 5) is 48.0. The molecule has 174 valence electrons. The van der Waals surface area contributed by atoms with Crippen molar-refractivity contribution in [2.75, 3.05) is 40.0 Å². The Morgan fingerprint density at radius 1 is 0.844 bits per heavy atom. The molecule has 32 heavy (non-hydrogen) atoms. The predicted octanol–water partition coefficient (Wildman–Crippen LogP) is 2.46. The lowest BCUT2D eigenvalue weighted by Gasteiger charge is -2.28. The van der Waals surface area contributed by atoms with Gasteiger partial charge in [0.1, 0.15) is 19.8 Å². The van der Waals surface area contributed by atoms with Crippen molar-refractivity contribution in [3.8, 4) is 0 Å². The summed E-state index contributed by atoms with van der Waals surface area (Å²) >= 11 is 0. The van der Waals surface area contributed by atoms with Crippen LogP contribution in [0.25, 0.3) is 0 Å². The van der Waals surface area contributed by atoms with Crippen LogP contribution in [0.15, 0.2) is 49.6 Å². The zero-order valence-electron chi connectivity index (χ0n) is 18.2. The Morgan fingerprint density at radius 3 is 1.72 bits per heavy atom. The fraction of sp³-hybridized carbons (Fsp3) is 0.364. The molecule has 0 aliphatic heterocycles. The summed E-state index contributed by atoms with van der Waals surface area (Å²) in [6, 6.07) is 6.01. The van der Waals surface area contributed by atoms with Gasteiger partial charge >= 0.3 is 24.1 Å². The molecule has 0 bridgehead atoms. The lowest BCUT2D eigenvalue weighted by molar-refractivity contribution is -0.0153. The minimum atomic E-state index is -1.08. The minimum Gasteiger partial charge on any atom is -0.465 e. The fourth-order valence-electron chi connectivity index (χ4n) is 2.28. The number of esters is 2. The quantitative estimate of drug-likeness (QED) is 0.283. The van der Waals surface area contributed by atoms with Gasteiger partial charge in [-0.25, -0.2) is 19.2 Å². The smallest absolute Gasteiger partial charge is 0.407 e. The third kappa shape index (κ3) is 8.90. The molecule has 0 spiro atoms. The van der Waals surface area contributed by atoms with Gasteiger partial charge in [-0.15, -0.1) is 13.2 Å². The monoisotopic (exact) mass is 448 g/mol. The second-order valence-electron chi connectivity index (χ2n) is 6.92. The van der Waals surface area contributed by atoms with Crippen LogP contribution in [-0.4, -0.2) is 64.1 Å². The number of benzene rings is 1. The van der Waals surface area contributed by atoms with Gasteiger partial charge < -0.3 is 29.6 Å². The summed E-state index contributed by atoms with van der Waals surface area (Å²) in [6.45, 7) is 8.26. The van der Waals surface area contributed by atoms with E-state index in [9.17, 15) is 19.2 Å². The number of rotatable bonds is 12. The van der Waals surface area contributed by atoms with Gasteiger partial charge in [-0.3, -0.25) is 0 Å². The van der Waals surface area contributed by atoms with Crippen molar-refractivity contribution in [2.45, 2.75) is 6.92 Å². The van der Waals surface area contributed by atoms with Crippen LogP contribution in [0.5, 0.6) is 0 Å². The van der Waals surface area contributed by atoms with Crippen molar-refractivity contribution in [3.63, 3.8) is 0 Å². The van der Waals surface area contributed by atoms with Gasteiger partial charge in [-0.2, -0.15) is 0 Å². The van der Waals surface area contributed by atoms with Gasteiger partial charge in [0.05, 0.1) is 23.7 Å². The summed E-state index contributed by atoms with van der Waals surface area (Å²) in [5, 5.41) is 4.89. The zero-order chi connectivity index (χ0) is 24.0. The number of alkyl carbamates (subject to hydrolysis) is 2. The first kappa shape index (κ1) is 26.2. The lowest BCUT2D eigenvalue weighted by atomic mass is 9.94. The average molecular weight is 448 g/mol. The summed E-state index contributed by atoms with van der Waals surface area (Å²) in [5.74, 6) is -1.48. The number of ether oxygens (including phenoxy) is 4. The molecule has 0 fully saturated rings. The molecule has 0 aromatic heterocycles. The highest BCUT2D eigenvalue weighted by Crippen LogP contribution is 2.20. The summed E-state index contributed by atoms with van der Waals surface area (Å²) < 4.78 is 20.3. The SMILES string of the molecule is C=CCNC(=O)OCC(C)(COC(=O)NCC=C)COC(=O)c1ccccc1C(=O)OC. The first-order valence-corrected chi connectivity index (χ1v) is 9.64. The molecular weight excluding hydrogens is 420 g/mol. The molecule has 0 heterocycles. The van der Waals surface area contributed by atoms with Gasteiger partial charge in [-0.1, -0.05) is 24.3 Å². The van der Waals surface area contributed by atoms with Gasteiger partial charge in [0.2, 0.25) is 0 Å². The van der Waals surface area contributed by atoms with Gasteiger partial charge in [0.25, 0.3) is 0 Å². The summed E-state index contributed by atoms with van der Waals surface area (Å²) in [7, 11) is 1.20. The van der Waals surface area contributed by atoms with E-state index in [0.29, 0.717) is 0 Å². The molecule has 1 aromatic rings. The second-order valence-corrected chi connectivity index (χ2v) is 6.92. The zero-order valence-corrected chi connectivity index (χ0v) is 18.2. The van der Waals surface area contributed by atoms with E-state index in [1.54, 1.807) is 19.1 Å². The van der Waals surface area contributed by atoms with Crippen LogP contribution in [0.2, 0.25) is 0 Å². The maximum absolute atomic E-state index is 12.6. The van der Waals surface area contributed by atoms with Crippen molar-refractivity contribution in [1.29, 1.82) is 0 Å². The van der Waals surface area contributed by atoms with Crippen LogP contribution in [0.3, 0.4) is 0 Å². The van der Waals surface area contributed by atoms with Crippen LogP contribution < -0.4 is 10.6 Å². The summed E-state index contributed by atoms with van der Waals surface area (Å²) in [5.41, 5.74) is -1.02. The topological polar surface area (TPSA) is 129 Å². The standard InChI is InChI=1S/C22H28N2O8/c1-5-11-23-20(27)31-14-22(3,15-32-21(28)24-12-6-2)13-30-19(26)17-10-8-7-9-16(17)18(25)29-4/h5-10H,1-2,11-15H2,3-4H3,(H,23,27)(H,24,28). The molecule has 0 saturated heterocycles. The predicted molar refractivity (Wildman–Crippen MR) is 115 cm³/mol. The molecule has 10 nitrogen and oxygen atoms in total. The van der Waals surface area contributed by atoms with Crippen molar-refractivity contribution < 1.29 is 38.1 Å². The second kappa shape index (κ2) is 13.5. The molecule has 0 aliphatic rings. The number of methoxy groups -OCH3 is 1. The van der Waals surface area contributed by atoms with Gasteiger partial charge in [-0.05, 0) is 19.1 Å². The Kier molecular flexibility index (Phi) is 11.0. The first-order chi connectivity index (χ1) is 15.3. The Hall–Kier alpha value is -3.82. The van der Waals surface area contributed by atoms with Crippen molar-refractivity contribution in [2.24, 2.45) is 5.41 Å². The molecule has 0 aliphatic carbocycles. The van der Waals surface area contributed by atoms with Crippen LogP contribution >= 0.6 is 0 Å². The van der Waals surface area contributed by atoms with Crippen LogP contribution in [0, 0.1) is 5.41 Å². The highest BCUT2D eigenvalue weighted by atomic mass is 16.6. The van der Waals surface area contributed by atoms with E-state index in [4.69, 9.17) is 14.2 Å². The van der Waals surface area contributed by atoms with E-state index in [-0.39, 0.29) is 44.0 Å². The minimum absolute atomic E-state index is 0.0102. The largest absolute Gasteiger partial charge is 0.465 e. The Bertz CT molecular complexity index is 809. The average Bonchev–Trinajstić information content (AvgIpc) is 2.81. The van der Waals surface area contributed by atoms with E-state index in [1.165, 1.54) is 31.4 Å². The number of carbonyl (C=O) groups is 4. The molecule has 10 heteroatoms. The van der Waals surface area contributed by atoms with Gasteiger partial charge in [0.15, 0.2) is 0 Å². The van der Waals surface area contributed by atoms with Crippen molar-refractivity contribution in [1.82, 2.24) is 10.6 Å². The molecule has 0 unspecified atom stereocenters. The number of hydrogen-bond acceptors (Lipinski definition) is 8. The van der Waals surface area contributed by atoms with Crippen LogP contribution in [-0.2, 0) is 18.9 Å². The lowest BCUT2D eigenvalue weighted by Crippen LogP contribution is -2.39. The fourth-order valence-corrected chi connectivity index (χ4v) is 2.28. The molecule has 0 atom stereocenters. The molecule has 0 saturated carbocycles. The number of carbonyl (C=O) groups excluding carboxylic acids is 4. The normalized spacial score (nSPS) is 10.3. The Morgan fingerprint density at radius 2 is 1.28 bits per heavy atom. The van der Waals surface area contributed by atoms with E-state index >= 15 is 0 Å². The van der Waals surface area contributed by atoms with E-state index in [1.807, 2.05) is 0 Å². The first-order valence-electron chi connectivity index (χ1n) is 9.64. The maximum Gasteiger partial charge on any atom is 0.407 e. The Balaban J connectivity index is 2.87. The number of amides is 2. The molecule has 0 radical (unpaired) electrons. The third-order valence-electron chi connectivity index (χ3n) is 3.99. The van der Waals surface area contributed by atoms with E-state index in [0.717, 1.165) is 0 Å². The number of nitrogens with one attached hydrogen (secondary N) is 2.